The molecule has 2 amide bonds. The van der Waals surface area contributed by atoms with Gasteiger partial charge in [0.2, 0.25) is 0 Å². The number of carbonyl (C=O) groups excluding carboxylic acids is 2. The molecule has 12 heteroatoms. The lowest BCUT2D eigenvalue weighted by Gasteiger charge is -2.17. The molecule has 2 aromatic heterocycles. The molecular weight excluding hydrogens is 495 g/mol. The van der Waals surface area contributed by atoms with E-state index >= 15 is 0 Å². The van der Waals surface area contributed by atoms with Crippen molar-refractivity contribution in [1.29, 1.82) is 0 Å². The highest BCUT2D eigenvalue weighted by Crippen LogP contribution is 2.42. The molecule has 4 rings (SSSR count). The maximum absolute atomic E-state index is 13.0. The lowest BCUT2D eigenvalue weighted by molar-refractivity contribution is -0.274. The van der Waals surface area contributed by atoms with Crippen molar-refractivity contribution in [3.8, 4) is 16.5 Å². The normalized spacial score (nSPS) is 14.3. The van der Waals surface area contributed by atoms with Crippen LogP contribution in [0.15, 0.2) is 36.8 Å². The zero-order valence-corrected chi connectivity index (χ0v) is 20.6. The summed E-state index contributed by atoms with van der Waals surface area (Å²) in [5.41, 5.74) is 1.50. The fourth-order valence-corrected chi connectivity index (χ4v) is 4.51. The molecule has 8 nitrogen and oxygen atoms in total. The van der Waals surface area contributed by atoms with E-state index in [0.29, 0.717) is 33.4 Å². The Morgan fingerprint density at radius 1 is 1.19 bits per heavy atom. The van der Waals surface area contributed by atoms with Crippen molar-refractivity contribution in [1.82, 2.24) is 25.2 Å². The SMILES string of the molecule is CCN(C)C(=O)c1cnc(-c2nccnc2[C@H](C)NC(=O)c2cc(OC(F)(F)F)cc(C3CC3)c2)s1. The van der Waals surface area contributed by atoms with Crippen LogP contribution < -0.4 is 10.1 Å². The zero-order valence-electron chi connectivity index (χ0n) is 19.8. The number of nitrogens with zero attached hydrogens (tertiary/aromatic N) is 4. The van der Waals surface area contributed by atoms with Gasteiger partial charge in [-0.2, -0.15) is 0 Å². The van der Waals surface area contributed by atoms with E-state index in [2.05, 4.69) is 25.0 Å². The molecule has 3 aromatic rings. The van der Waals surface area contributed by atoms with E-state index in [1.54, 1.807) is 24.9 Å². The molecule has 1 fully saturated rings. The molecule has 0 saturated heterocycles. The Kier molecular flexibility index (Phi) is 7.25. The molecule has 2 heterocycles. The van der Waals surface area contributed by atoms with Gasteiger partial charge in [-0.3, -0.25) is 19.6 Å². The van der Waals surface area contributed by atoms with Gasteiger partial charge in [0.15, 0.2) is 0 Å². The highest BCUT2D eigenvalue weighted by molar-refractivity contribution is 7.16. The average Bonchev–Trinajstić information content (AvgIpc) is 3.58. The molecule has 1 N–H and O–H groups in total. The minimum atomic E-state index is -4.86. The molecule has 1 saturated carbocycles. The van der Waals surface area contributed by atoms with E-state index in [0.717, 1.165) is 30.2 Å². The first-order valence-corrected chi connectivity index (χ1v) is 12.1. The van der Waals surface area contributed by atoms with Gasteiger partial charge in [0.05, 0.1) is 17.9 Å². The Hall–Kier alpha value is -3.54. The number of halogens is 3. The molecule has 0 unspecified atom stereocenters. The van der Waals surface area contributed by atoms with Gasteiger partial charge in [-0.25, -0.2) is 4.98 Å². The molecule has 0 aliphatic heterocycles. The van der Waals surface area contributed by atoms with E-state index in [1.807, 2.05) is 6.92 Å². The standard InChI is InChI=1S/C24H24F3N5O3S/c1-4-32(3)23(34)18-12-30-22(36-18)20-19(28-7-8-29-20)13(2)31-21(33)16-9-15(14-5-6-14)10-17(11-16)35-24(25,26)27/h7-14H,4-6H2,1-3H3,(H,31,33)/t13-/m0/s1. The highest BCUT2D eigenvalue weighted by atomic mass is 32.1. The first-order chi connectivity index (χ1) is 17.1. The van der Waals surface area contributed by atoms with Gasteiger partial charge in [0.1, 0.15) is 21.3 Å². The summed E-state index contributed by atoms with van der Waals surface area (Å²) in [6.07, 6.45) is 1.26. The lowest BCUT2D eigenvalue weighted by Crippen LogP contribution is -2.28. The van der Waals surface area contributed by atoms with Crippen LogP contribution in [-0.4, -0.2) is 51.6 Å². The Morgan fingerprint density at radius 2 is 1.92 bits per heavy atom. The number of nitrogens with one attached hydrogen (secondary N) is 1. The molecule has 190 valence electrons. The number of hydrogen-bond donors (Lipinski definition) is 1. The lowest BCUT2D eigenvalue weighted by atomic mass is 10.0. The van der Waals surface area contributed by atoms with Gasteiger partial charge < -0.3 is 15.0 Å². The maximum atomic E-state index is 13.0. The molecule has 0 radical (unpaired) electrons. The van der Waals surface area contributed by atoms with Crippen molar-refractivity contribution in [2.75, 3.05) is 13.6 Å². The number of alkyl halides is 3. The summed E-state index contributed by atoms with van der Waals surface area (Å²) in [5.74, 6) is -1.05. The summed E-state index contributed by atoms with van der Waals surface area (Å²) in [6.45, 7) is 4.10. The summed E-state index contributed by atoms with van der Waals surface area (Å²) in [4.78, 5) is 40.5. The number of thiazole rings is 1. The summed E-state index contributed by atoms with van der Waals surface area (Å²) < 4.78 is 42.5. The van der Waals surface area contributed by atoms with Crippen LogP contribution in [0.3, 0.4) is 0 Å². The van der Waals surface area contributed by atoms with Crippen molar-refractivity contribution in [2.24, 2.45) is 0 Å². The quantitative estimate of drug-likeness (QED) is 0.452. The predicted molar refractivity (Wildman–Crippen MR) is 127 cm³/mol. The van der Waals surface area contributed by atoms with Crippen LogP contribution in [0.2, 0.25) is 0 Å². The summed E-state index contributed by atoms with van der Waals surface area (Å²) in [7, 11) is 1.69. The Balaban J connectivity index is 1.57. The van der Waals surface area contributed by atoms with Crippen molar-refractivity contribution in [3.05, 3.63) is 58.5 Å². The van der Waals surface area contributed by atoms with Gasteiger partial charge in [-0.05, 0) is 56.4 Å². The zero-order chi connectivity index (χ0) is 26.0. The molecule has 1 atom stereocenters. The average molecular weight is 520 g/mol. The van der Waals surface area contributed by atoms with Crippen LogP contribution in [0, 0.1) is 0 Å². The third-order valence-electron chi connectivity index (χ3n) is 5.70. The second kappa shape index (κ2) is 10.2. The number of benzene rings is 1. The summed E-state index contributed by atoms with van der Waals surface area (Å²) in [5, 5.41) is 3.24. The Morgan fingerprint density at radius 3 is 2.58 bits per heavy atom. The number of hydrogen-bond acceptors (Lipinski definition) is 7. The topological polar surface area (TPSA) is 97.3 Å². The minimum absolute atomic E-state index is 0.0562. The minimum Gasteiger partial charge on any atom is -0.406 e. The molecule has 1 aliphatic carbocycles. The number of rotatable bonds is 8. The third kappa shape index (κ3) is 5.99. The van der Waals surface area contributed by atoms with E-state index in [4.69, 9.17) is 0 Å². The van der Waals surface area contributed by atoms with Crippen molar-refractivity contribution < 1.29 is 27.5 Å². The van der Waals surface area contributed by atoms with Gasteiger partial charge in [0.25, 0.3) is 11.8 Å². The fourth-order valence-electron chi connectivity index (χ4n) is 3.59. The van der Waals surface area contributed by atoms with Crippen LogP contribution in [0.4, 0.5) is 13.2 Å². The third-order valence-corrected chi connectivity index (χ3v) is 6.69. The van der Waals surface area contributed by atoms with Gasteiger partial charge in [0, 0.05) is 31.5 Å². The fraction of sp³-hybridized carbons (Fsp3) is 0.375. The maximum Gasteiger partial charge on any atom is 0.573 e. The van der Waals surface area contributed by atoms with E-state index in [1.165, 1.54) is 24.7 Å². The molecule has 0 bridgehead atoms. The van der Waals surface area contributed by atoms with Gasteiger partial charge >= 0.3 is 6.36 Å². The molecular formula is C24H24F3N5O3S. The second-order valence-corrected chi connectivity index (χ2v) is 9.48. The van der Waals surface area contributed by atoms with Crippen molar-refractivity contribution in [3.63, 3.8) is 0 Å². The van der Waals surface area contributed by atoms with Crippen molar-refractivity contribution in [2.45, 2.75) is 45.0 Å². The van der Waals surface area contributed by atoms with E-state index < -0.39 is 24.1 Å². The second-order valence-electron chi connectivity index (χ2n) is 8.45. The first kappa shape index (κ1) is 25.5. The molecule has 0 spiro atoms. The predicted octanol–water partition coefficient (Wildman–Crippen LogP) is 4.96. The Labute approximate surface area is 209 Å². The Bertz CT molecular complexity index is 1280. The molecule has 1 aliphatic rings. The van der Waals surface area contributed by atoms with Crippen LogP contribution in [0.5, 0.6) is 5.75 Å². The smallest absolute Gasteiger partial charge is 0.406 e. The monoisotopic (exact) mass is 519 g/mol. The molecule has 1 aromatic carbocycles. The largest absolute Gasteiger partial charge is 0.573 e. The summed E-state index contributed by atoms with van der Waals surface area (Å²) in [6, 6.07) is 3.33. The first-order valence-electron chi connectivity index (χ1n) is 11.3. The van der Waals surface area contributed by atoms with Crippen LogP contribution in [-0.2, 0) is 0 Å². The molecule has 36 heavy (non-hydrogen) atoms. The number of amides is 2. The van der Waals surface area contributed by atoms with Crippen LogP contribution in [0.1, 0.15) is 69.9 Å². The number of carbonyl (C=O) groups is 2. The van der Waals surface area contributed by atoms with Crippen LogP contribution in [0.25, 0.3) is 10.7 Å². The van der Waals surface area contributed by atoms with Crippen LogP contribution >= 0.6 is 11.3 Å². The van der Waals surface area contributed by atoms with Gasteiger partial charge in [-0.1, -0.05) is 0 Å². The van der Waals surface area contributed by atoms with E-state index in [9.17, 15) is 22.8 Å². The van der Waals surface area contributed by atoms with Gasteiger partial charge in [-0.15, -0.1) is 24.5 Å². The van der Waals surface area contributed by atoms with Crippen molar-refractivity contribution >= 4 is 23.2 Å². The number of aromatic nitrogens is 3. The highest BCUT2D eigenvalue weighted by Gasteiger charge is 2.33. The number of ether oxygens (including phenoxy) is 1. The summed E-state index contributed by atoms with van der Waals surface area (Å²) >= 11 is 1.16. The van der Waals surface area contributed by atoms with E-state index in [-0.39, 0.29) is 17.4 Å².